The maximum absolute atomic E-state index is 11.9. The van der Waals surface area contributed by atoms with Crippen molar-refractivity contribution in [3.05, 3.63) is 40.5 Å². The van der Waals surface area contributed by atoms with Gasteiger partial charge >= 0.3 is 5.69 Å². The van der Waals surface area contributed by atoms with Gasteiger partial charge in [-0.15, -0.1) is 0 Å². The number of nitrogens with one attached hydrogen (secondary N) is 1. The fraction of sp³-hybridized carbons (Fsp3) is 0.538. The molecule has 0 radical (unpaired) electrons. The van der Waals surface area contributed by atoms with Gasteiger partial charge in [-0.25, -0.2) is 9.89 Å². The summed E-state index contributed by atoms with van der Waals surface area (Å²) in [6.45, 7) is 5.59. The van der Waals surface area contributed by atoms with Crippen molar-refractivity contribution in [2.24, 2.45) is 0 Å². The molecule has 3 heterocycles. The molecule has 2 aromatic rings. The lowest BCUT2D eigenvalue weighted by atomic mass is 10.2. The number of ether oxygens (including phenoxy) is 1. The van der Waals surface area contributed by atoms with Gasteiger partial charge in [0.2, 0.25) is 0 Å². The first-order valence-electron chi connectivity index (χ1n) is 6.75. The Balaban J connectivity index is 1.84. The maximum Gasteiger partial charge on any atom is 0.343 e. The summed E-state index contributed by atoms with van der Waals surface area (Å²) in [7, 11) is 0. The number of morpholine rings is 1. The molecule has 3 rings (SSSR count). The monoisotopic (exact) mass is 278 g/mol. The zero-order chi connectivity index (χ0) is 13.9. The van der Waals surface area contributed by atoms with Crippen LogP contribution in [0.1, 0.15) is 24.6 Å². The number of aromatic nitrogens is 3. The molecule has 0 aliphatic carbocycles. The fourth-order valence-electron chi connectivity index (χ4n) is 2.49. The van der Waals surface area contributed by atoms with E-state index in [0.29, 0.717) is 6.54 Å². The standard InChI is InChI=1S/C13H18N4O3/c1-10(16-4-7-19-8-5-16)12-14-15-13(18)17(12)9-11-3-2-6-20-11/h2-3,6,10H,4-5,7-9H2,1H3,(H,15,18)/t10-/m0/s1. The van der Waals surface area contributed by atoms with E-state index in [9.17, 15) is 4.79 Å². The van der Waals surface area contributed by atoms with E-state index in [1.807, 2.05) is 12.1 Å². The SMILES string of the molecule is C[C@@H](c1n[nH]c(=O)n1Cc1ccco1)N1CCOCC1. The van der Waals surface area contributed by atoms with Gasteiger partial charge in [-0.1, -0.05) is 0 Å². The van der Waals surface area contributed by atoms with Crippen LogP contribution in [0.4, 0.5) is 0 Å². The number of hydrogen-bond donors (Lipinski definition) is 1. The highest BCUT2D eigenvalue weighted by molar-refractivity contribution is 5.03. The Morgan fingerprint density at radius 2 is 2.25 bits per heavy atom. The number of H-pyrrole nitrogens is 1. The van der Waals surface area contributed by atoms with Crippen molar-refractivity contribution in [1.82, 2.24) is 19.7 Å². The average molecular weight is 278 g/mol. The third-order valence-electron chi connectivity index (χ3n) is 3.65. The molecule has 0 aromatic carbocycles. The second-order valence-corrected chi connectivity index (χ2v) is 4.88. The van der Waals surface area contributed by atoms with Gasteiger partial charge in [0.05, 0.1) is 32.1 Å². The normalized spacial score (nSPS) is 18.2. The van der Waals surface area contributed by atoms with Crippen molar-refractivity contribution >= 4 is 0 Å². The van der Waals surface area contributed by atoms with Crippen LogP contribution in [0.15, 0.2) is 27.6 Å². The van der Waals surface area contributed by atoms with Crippen LogP contribution >= 0.6 is 0 Å². The van der Waals surface area contributed by atoms with Gasteiger partial charge in [-0.2, -0.15) is 5.10 Å². The molecule has 1 aliphatic rings. The van der Waals surface area contributed by atoms with Crippen LogP contribution in [0.2, 0.25) is 0 Å². The van der Waals surface area contributed by atoms with E-state index >= 15 is 0 Å². The Morgan fingerprint density at radius 3 is 2.95 bits per heavy atom. The average Bonchev–Trinajstić information content (AvgIpc) is 3.11. The predicted molar refractivity (Wildman–Crippen MR) is 71.5 cm³/mol. The van der Waals surface area contributed by atoms with Crippen molar-refractivity contribution in [3.63, 3.8) is 0 Å². The summed E-state index contributed by atoms with van der Waals surface area (Å²) in [6, 6.07) is 3.72. The minimum atomic E-state index is -0.212. The molecular weight excluding hydrogens is 260 g/mol. The van der Waals surface area contributed by atoms with Crippen LogP contribution in [0, 0.1) is 0 Å². The van der Waals surface area contributed by atoms with Crippen LogP contribution in [-0.4, -0.2) is 46.0 Å². The summed E-state index contributed by atoms with van der Waals surface area (Å²) in [5.41, 5.74) is -0.212. The Labute approximate surface area is 116 Å². The summed E-state index contributed by atoms with van der Waals surface area (Å²) in [5.74, 6) is 1.47. The van der Waals surface area contributed by atoms with Gasteiger partial charge in [0.15, 0.2) is 5.82 Å². The van der Waals surface area contributed by atoms with Crippen molar-refractivity contribution in [1.29, 1.82) is 0 Å². The van der Waals surface area contributed by atoms with Crippen LogP contribution in [0.3, 0.4) is 0 Å². The van der Waals surface area contributed by atoms with Crippen molar-refractivity contribution < 1.29 is 9.15 Å². The van der Waals surface area contributed by atoms with Crippen LogP contribution < -0.4 is 5.69 Å². The highest BCUT2D eigenvalue weighted by Crippen LogP contribution is 2.18. The molecule has 20 heavy (non-hydrogen) atoms. The second kappa shape index (κ2) is 5.64. The summed E-state index contributed by atoms with van der Waals surface area (Å²) < 4.78 is 12.3. The Hall–Kier alpha value is -1.86. The van der Waals surface area contributed by atoms with Gasteiger partial charge in [0.25, 0.3) is 0 Å². The molecule has 7 nitrogen and oxygen atoms in total. The summed E-state index contributed by atoms with van der Waals surface area (Å²) >= 11 is 0. The molecule has 1 saturated heterocycles. The molecule has 1 atom stereocenters. The Kier molecular flexibility index (Phi) is 3.70. The zero-order valence-corrected chi connectivity index (χ0v) is 11.4. The van der Waals surface area contributed by atoms with E-state index in [0.717, 1.165) is 37.9 Å². The van der Waals surface area contributed by atoms with Crippen molar-refractivity contribution in [2.45, 2.75) is 19.5 Å². The van der Waals surface area contributed by atoms with Crippen LogP contribution in [-0.2, 0) is 11.3 Å². The van der Waals surface area contributed by atoms with Crippen LogP contribution in [0.5, 0.6) is 0 Å². The van der Waals surface area contributed by atoms with E-state index in [2.05, 4.69) is 22.0 Å². The number of furan rings is 1. The molecule has 1 fully saturated rings. The van der Waals surface area contributed by atoms with E-state index in [1.165, 1.54) is 0 Å². The van der Waals surface area contributed by atoms with Gasteiger partial charge in [-0.3, -0.25) is 9.47 Å². The van der Waals surface area contributed by atoms with Gasteiger partial charge in [0.1, 0.15) is 5.76 Å². The van der Waals surface area contributed by atoms with Gasteiger partial charge in [0, 0.05) is 13.1 Å². The number of hydrogen-bond acceptors (Lipinski definition) is 5. The highest BCUT2D eigenvalue weighted by atomic mass is 16.5. The molecule has 7 heteroatoms. The summed E-state index contributed by atoms with van der Waals surface area (Å²) in [5, 5.41) is 6.70. The van der Waals surface area contributed by atoms with Gasteiger partial charge < -0.3 is 9.15 Å². The molecule has 1 aliphatic heterocycles. The molecule has 0 unspecified atom stereocenters. The van der Waals surface area contributed by atoms with Crippen molar-refractivity contribution in [2.75, 3.05) is 26.3 Å². The Morgan fingerprint density at radius 1 is 1.45 bits per heavy atom. The number of nitrogens with zero attached hydrogens (tertiary/aromatic N) is 3. The first kappa shape index (κ1) is 13.1. The third-order valence-corrected chi connectivity index (χ3v) is 3.65. The maximum atomic E-state index is 11.9. The first-order valence-corrected chi connectivity index (χ1v) is 6.75. The first-order chi connectivity index (χ1) is 9.75. The smallest absolute Gasteiger partial charge is 0.343 e. The molecule has 0 spiro atoms. The second-order valence-electron chi connectivity index (χ2n) is 4.88. The molecule has 0 saturated carbocycles. The van der Waals surface area contributed by atoms with E-state index in [4.69, 9.17) is 9.15 Å². The molecule has 0 bridgehead atoms. The minimum Gasteiger partial charge on any atom is -0.467 e. The third kappa shape index (κ3) is 2.54. The zero-order valence-electron chi connectivity index (χ0n) is 11.4. The lowest BCUT2D eigenvalue weighted by molar-refractivity contribution is 0.0174. The Bertz CT molecular complexity index is 595. The lowest BCUT2D eigenvalue weighted by Crippen LogP contribution is -2.39. The molecule has 2 aromatic heterocycles. The van der Waals surface area contributed by atoms with Crippen molar-refractivity contribution in [3.8, 4) is 0 Å². The quantitative estimate of drug-likeness (QED) is 0.886. The van der Waals surface area contributed by atoms with Gasteiger partial charge in [-0.05, 0) is 19.1 Å². The summed E-state index contributed by atoms with van der Waals surface area (Å²) in [6.07, 6.45) is 1.60. The molecular formula is C13H18N4O3. The largest absolute Gasteiger partial charge is 0.467 e. The van der Waals surface area contributed by atoms with Crippen LogP contribution in [0.25, 0.3) is 0 Å². The molecule has 0 amide bonds. The minimum absolute atomic E-state index is 0.0628. The fourth-order valence-corrected chi connectivity index (χ4v) is 2.49. The topological polar surface area (TPSA) is 76.3 Å². The van der Waals surface area contributed by atoms with E-state index in [1.54, 1.807) is 10.8 Å². The number of rotatable bonds is 4. The molecule has 108 valence electrons. The van der Waals surface area contributed by atoms with E-state index in [-0.39, 0.29) is 11.7 Å². The lowest BCUT2D eigenvalue weighted by Gasteiger charge is -2.31. The highest BCUT2D eigenvalue weighted by Gasteiger charge is 2.24. The summed E-state index contributed by atoms with van der Waals surface area (Å²) in [4.78, 5) is 14.2. The molecule has 1 N–H and O–H groups in total. The van der Waals surface area contributed by atoms with E-state index < -0.39 is 0 Å². The number of aromatic amines is 1. The predicted octanol–water partition coefficient (Wildman–Crippen LogP) is 0.606.